The molecule has 0 heterocycles. The zero-order valence-corrected chi connectivity index (χ0v) is 11.4. The maximum absolute atomic E-state index is 11.5. The second-order valence-corrected chi connectivity index (χ2v) is 4.43. The Kier molecular flexibility index (Phi) is 8.39. The Bertz CT molecular complexity index is 362. The van der Waals surface area contributed by atoms with Gasteiger partial charge in [0.05, 0.1) is 0 Å². The first-order chi connectivity index (χ1) is 9.33. The number of hydrogen-bond acceptors (Lipinski definition) is 3. The van der Waals surface area contributed by atoms with Crippen LogP contribution in [0.1, 0.15) is 31.2 Å². The van der Waals surface area contributed by atoms with Gasteiger partial charge in [-0.25, -0.2) is 0 Å². The van der Waals surface area contributed by atoms with Crippen molar-refractivity contribution in [2.24, 2.45) is 0 Å². The lowest BCUT2D eigenvalue weighted by atomic mass is 10.2. The number of carbonyl (C=O) groups excluding carboxylic acids is 1. The molecule has 0 saturated heterocycles. The molecule has 0 atom stereocenters. The van der Waals surface area contributed by atoms with Crippen LogP contribution in [0.25, 0.3) is 0 Å². The topological polar surface area (TPSA) is 38.3 Å². The molecular formula is C16H23NO2. The maximum Gasteiger partial charge on any atom is 0.306 e. The Labute approximate surface area is 115 Å². The predicted molar refractivity (Wildman–Crippen MR) is 77.8 cm³/mol. The molecule has 1 rings (SSSR count). The van der Waals surface area contributed by atoms with Crippen LogP contribution < -0.4 is 5.32 Å². The molecule has 3 nitrogen and oxygen atoms in total. The molecular weight excluding hydrogens is 238 g/mol. The molecule has 0 radical (unpaired) electrons. The Morgan fingerprint density at radius 2 is 1.95 bits per heavy atom. The summed E-state index contributed by atoms with van der Waals surface area (Å²) in [6.45, 7) is 5.88. The largest absolute Gasteiger partial charge is 0.461 e. The summed E-state index contributed by atoms with van der Waals surface area (Å²) in [5.74, 6) is -0.128. The summed E-state index contributed by atoms with van der Waals surface area (Å²) in [6.07, 6.45) is 5.35. The van der Waals surface area contributed by atoms with E-state index in [0.29, 0.717) is 13.0 Å². The van der Waals surface area contributed by atoms with Crippen molar-refractivity contribution in [3.63, 3.8) is 0 Å². The highest BCUT2D eigenvalue weighted by atomic mass is 16.5. The Morgan fingerprint density at radius 1 is 1.21 bits per heavy atom. The first kappa shape index (κ1) is 15.4. The zero-order chi connectivity index (χ0) is 13.8. The van der Waals surface area contributed by atoms with Crippen LogP contribution in [0.2, 0.25) is 0 Å². The van der Waals surface area contributed by atoms with Gasteiger partial charge in [-0.1, -0.05) is 36.4 Å². The number of benzene rings is 1. The van der Waals surface area contributed by atoms with Crippen molar-refractivity contribution in [2.75, 3.05) is 13.1 Å². The highest BCUT2D eigenvalue weighted by Gasteiger charge is 2.02. The fourth-order valence-electron chi connectivity index (χ4n) is 1.66. The molecule has 0 aromatic heterocycles. The molecule has 1 N–H and O–H groups in total. The quantitative estimate of drug-likeness (QED) is 0.399. The fraction of sp³-hybridized carbons (Fsp3) is 0.438. The minimum atomic E-state index is -0.128. The summed E-state index contributed by atoms with van der Waals surface area (Å²) in [4.78, 5) is 11.5. The van der Waals surface area contributed by atoms with Crippen LogP contribution in [-0.4, -0.2) is 19.1 Å². The third-order valence-electron chi connectivity index (χ3n) is 2.74. The van der Waals surface area contributed by atoms with E-state index in [2.05, 4.69) is 11.9 Å². The van der Waals surface area contributed by atoms with Gasteiger partial charge in [-0.2, -0.15) is 0 Å². The SMILES string of the molecule is C=CCCCNCCCC(=O)OCc1ccccc1. The minimum absolute atomic E-state index is 0.128. The lowest BCUT2D eigenvalue weighted by Crippen LogP contribution is -2.17. The van der Waals surface area contributed by atoms with E-state index < -0.39 is 0 Å². The average Bonchev–Trinajstić information content (AvgIpc) is 2.45. The van der Waals surface area contributed by atoms with Crippen LogP contribution in [0.3, 0.4) is 0 Å². The van der Waals surface area contributed by atoms with Gasteiger partial charge >= 0.3 is 5.97 Å². The smallest absolute Gasteiger partial charge is 0.306 e. The summed E-state index contributed by atoms with van der Waals surface area (Å²) >= 11 is 0. The first-order valence-corrected chi connectivity index (χ1v) is 6.84. The molecule has 1 aromatic rings. The van der Waals surface area contributed by atoms with Gasteiger partial charge in [0.15, 0.2) is 0 Å². The monoisotopic (exact) mass is 261 g/mol. The molecule has 0 fully saturated rings. The second kappa shape index (κ2) is 10.3. The van der Waals surface area contributed by atoms with Gasteiger partial charge < -0.3 is 10.1 Å². The van der Waals surface area contributed by atoms with E-state index in [-0.39, 0.29) is 5.97 Å². The summed E-state index contributed by atoms with van der Waals surface area (Å²) < 4.78 is 5.19. The number of rotatable bonds is 10. The lowest BCUT2D eigenvalue weighted by molar-refractivity contribution is -0.145. The van der Waals surface area contributed by atoms with E-state index in [9.17, 15) is 4.79 Å². The number of hydrogen-bond donors (Lipinski definition) is 1. The van der Waals surface area contributed by atoms with Crippen molar-refractivity contribution in [3.05, 3.63) is 48.6 Å². The van der Waals surface area contributed by atoms with Gasteiger partial charge in [-0.15, -0.1) is 6.58 Å². The Morgan fingerprint density at radius 3 is 2.68 bits per heavy atom. The third-order valence-corrected chi connectivity index (χ3v) is 2.74. The molecule has 0 aliphatic heterocycles. The van der Waals surface area contributed by atoms with Gasteiger partial charge in [0, 0.05) is 6.42 Å². The van der Waals surface area contributed by atoms with Crippen molar-refractivity contribution in [1.29, 1.82) is 0 Å². The maximum atomic E-state index is 11.5. The van der Waals surface area contributed by atoms with Crippen molar-refractivity contribution < 1.29 is 9.53 Å². The standard InChI is InChI=1S/C16H23NO2/c1-2-3-7-12-17-13-8-11-16(18)19-14-15-9-5-4-6-10-15/h2,4-6,9-10,17H,1,3,7-8,11-14H2. The van der Waals surface area contributed by atoms with Crippen molar-refractivity contribution >= 4 is 5.97 Å². The molecule has 19 heavy (non-hydrogen) atoms. The van der Waals surface area contributed by atoms with E-state index in [1.165, 1.54) is 0 Å². The third kappa shape index (κ3) is 8.16. The van der Waals surface area contributed by atoms with Gasteiger partial charge in [0.25, 0.3) is 0 Å². The van der Waals surface area contributed by atoms with Crippen LogP contribution in [0.5, 0.6) is 0 Å². The van der Waals surface area contributed by atoms with Crippen LogP contribution >= 0.6 is 0 Å². The average molecular weight is 261 g/mol. The van der Waals surface area contributed by atoms with E-state index in [1.807, 2.05) is 36.4 Å². The first-order valence-electron chi connectivity index (χ1n) is 6.84. The molecule has 0 amide bonds. The van der Waals surface area contributed by atoms with Gasteiger partial charge in [0.2, 0.25) is 0 Å². The predicted octanol–water partition coefficient (Wildman–Crippen LogP) is 3.07. The van der Waals surface area contributed by atoms with Crippen molar-refractivity contribution in [1.82, 2.24) is 5.32 Å². The minimum Gasteiger partial charge on any atom is -0.461 e. The summed E-state index contributed by atoms with van der Waals surface area (Å²) in [5, 5.41) is 3.29. The number of carbonyl (C=O) groups is 1. The molecule has 0 aliphatic rings. The van der Waals surface area contributed by atoms with Crippen molar-refractivity contribution in [3.8, 4) is 0 Å². The van der Waals surface area contributed by atoms with Crippen LogP contribution in [0.4, 0.5) is 0 Å². The van der Waals surface area contributed by atoms with Crippen molar-refractivity contribution in [2.45, 2.75) is 32.3 Å². The number of nitrogens with one attached hydrogen (secondary N) is 1. The molecule has 0 saturated carbocycles. The second-order valence-electron chi connectivity index (χ2n) is 4.43. The number of unbranched alkanes of at least 4 members (excludes halogenated alkanes) is 1. The fourth-order valence-corrected chi connectivity index (χ4v) is 1.66. The normalized spacial score (nSPS) is 10.1. The van der Waals surface area contributed by atoms with Crippen LogP contribution in [0.15, 0.2) is 43.0 Å². The van der Waals surface area contributed by atoms with Crippen LogP contribution in [-0.2, 0) is 16.1 Å². The van der Waals surface area contributed by atoms with E-state index in [4.69, 9.17) is 4.74 Å². The molecule has 1 aromatic carbocycles. The molecule has 0 aliphatic carbocycles. The lowest BCUT2D eigenvalue weighted by Gasteiger charge is -2.05. The number of allylic oxidation sites excluding steroid dienone is 1. The summed E-state index contributed by atoms with van der Waals surface area (Å²) in [6, 6.07) is 9.74. The highest BCUT2D eigenvalue weighted by Crippen LogP contribution is 2.02. The Balaban J connectivity index is 1.98. The zero-order valence-electron chi connectivity index (χ0n) is 11.4. The molecule has 3 heteroatoms. The van der Waals surface area contributed by atoms with Crippen LogP contribution in [0, 0.1) is 0 Å². The van der Waals surface area contributed by atoms with Gasteiger partial charge in [0.1, 0.15) is 6.61 Å². The summed E-state index contributed by atoms with van der Waals surface area (Å²) in [5.41, 5.74) is 1.03. The number of ether oxygens (including phenoxy) is 1. The Hall–Kier alpha value is -1.61. The highest BCUT2D eigenvalue weighted by molar-refractivity contribution is 5.69. The van der Waals surface area contributed by atoms with E-state index in [0.717, 1.165) is 37.9 Å². The van der Waals surface area contributed by atoms with E-state index >= 15 is 0 Å². The van der Waals surface area contributed by atoms with Gasteiger partial charge in [-0.3, -0.25) is 4.79 Å². The molecule has 0 unspecified atom stereocenters. The van der Waals surface area contributed by atoms with E-state index in [1.54, 1.807) is 0 Å². The number of esters is 1. The molecule has 0 spiro atoms. The molecule has 0 bridgehead atoms. The van der Waals surface area contributed by atoms with Gasteiger partial charge in [-0.05, 0) is 37.9 Å². The molecule has 104 valence electrons. The summed E-state index contributed by atoms with van der Waals surface area (Å²) in [7, 11) is 0.